The van der Waals surface area contributed by atoms with E-state index in [9.17, 15) is 9.90 Å². The van der Waals surface area contributed by atoms with E-state index < -0.39 is 5.60 Å². The molecule has 23 heavy (non-hydrogen) atoms. The monoisotopic (exact) mass is 312 g/mol. The van der Waals surface area contributed by atoms with Crippen LogP contribution in [-0.4, -0.2) is 17.6 Å². The number of amides is 1. The highest BCUT2D eigenvalue weighted by Gasteiger charge is 2.23. The smallest absolute Gasteiger partial charge is 0.221 e. The summed E-state index contributed by atoms with van der Waals surface area (Å²) < 4.78 is 0. The largest absolute Gasteiger partial charge is 0.384 e. The van der Waals surface area contributed by atoms with E-state index in [1.54, 1.807) is 6.92 Å². The summed E-state index contributed by atoms with van der Waals surface area (Å²) in [5.74, 6) is -0.0882. The molecule has 3 N–H and O–H groups in total. The minimum Gasteiger partial charge on any atom is -0.384 e. The van der Waals surface area contributed by atoms with Crippen molar-refractivity contribution < 1.29 is 9.90 Å². The predicted octanol–water partition coefficient (Wildman–Crippen LogP) is 3.20. The van der Waals surface area contributed by atoms with Crippen LogP contribution in [0.25, 0.3) is 0 Å². The number of aliphatic hydroxyl groups is 1. The number of rotatable bonds is 6. The van der Waals surface area contributed by atoms with Crippen LogP contribution >= 0.6 is 0 Å². The van der Waals surface area contributed by atoms with Crippen molar-refractivity contribution in [3.63, 3.8) is 0 Å². The normalized spacial score (nSPS) is 14.8. The Balaban J connectivity index is 2.02. The van der Waals surface area contributed by atoms with Crippen LogP contribution in [0.1, 0.15) is 37.9 Å². The van der Waals surface area contributed by atoms with Crippen LogP contribution in [0, 0.1) is 0 Å². The van der Waals surface area contributed by atoms with E-state index in [1.165, 1.54) is 6.92 Å². The fraction of sp³-hybridized carbons (Fsp3) is 0.316. The van der Waals surface area contributed by atoms with E-state index in [-0.39, 0.29) is 11.9 Å². The first-order valence-corrected chi connectivity index (χ1v) is 7.77. The number of hydrogen-bond donors (Lipinski definition) is 3. The Bertz CT molecular complexity index is 653. The van der Waals surface area contributed by atoms with Gasteiger partial charge in [-0.1, -0.05) is 42.5 Å². The molecule has 0 heterocycles. The maximum absolute atomic E-state index is 11.1. The molecule has 0 fully saturated rings. The van der Waals surface area contributed by atoms with Crippen molar-refractivity contribution in [1.29, 1.82) is 0 Å². The van der Waals surface area contributed by atoms with Crippen LogP contribution in [0.3, 0.4) is 0 Å². The first-order chi connectivity index (χ1) is 10.9. The molecule has 0 aliphatic heterocycles. The standard InChI is InChI=1S/C19H24N2O2/c1-14(16-8-7-11-18(12-16)21-15(2)22)20-13-19(3,23)17-9-5-4-6-10-17/h4-12,14,20,23H,13H2,1-3H3,(H,21,22). The Morgan fingerprint density at radius 3 is 2.52 bits per heavy atom. The van der Waals surface area contributed by atoms with Gasteiger partial charge in [0.1, 0.15) is 0 Å². The van der Waals surface area contributed by atoms with Gasteiger partial charge in [0.15, 0.2) is 0 Å². The fourth-order valence-electron chi connectivity index (χ4n) is 2.46. The lowest BCUT2D eigenvalue weighted by Crippen LogP contribution is -2.36. The quantitative estimate of drug-likeness (QED) is 0.767. The zero-order valence-corrected chi connectivity index (χ0v) is 13.8. The third-order valence-corrected chi connectivity index (χ3v) is 3.86. The molecule has 0 bridgehead atoms. The van der Waals surface area contributed by atoms with Crippen LogP contribution in [0.2, 0.25) is 0 Å². The number of anilines is 1. The van der Waals surface area contributed by atoms with Gasteiger partial charge in [0.2, 0.25) is 5.91 Å². The average Bonchev–Trinajstić information content (AvgIpc) is 2.53. The van der Waals surface area contributed by atoms with Crippen LogP contribution in [-0.2, 0) is 10.4 Å². The third kappa shape index (κ3) is 4.91. The van der Waals surface area contributed by atoms with Crippen molar-refractivity contribution in [3.8, 4) is 0 Å². The molecule has 0 radical (unpaired) electrons. The first kappa shape index (κ1) is 17.2. The Kier molecular flexibility index (Phi) is 5.53. The van der Waals surface area contributed by atoms with Gasteiger partial charge in [-0.2, -0.15) is 0 Å². The van der Waals surface area contributed by atoms with E-state index in [0.717, 1.165) is 16.8 Å². The Labute approximate surface area is 137 Å². The highest BCUT2D eigenvalue weighted by Crippen LogP contribution is 2.22. The Morgan fingerprint density at radius 2 is 1.87 bits per heavy atom. The van der Waals surface area contributed by atoms with Gasteiger partial charge in [-0.05, 0) is 37.1 Å². The van der Waals surface area contributed by atoms with Crippen molar-refractivity contribution in [2.75, 3.05) is 11.9 Å². The maximum atomic E-state index is 11.1. The van der Waals surface area contributed by atoms with Gasteiger partial charge >= 0.3 is 0 Å². The summed E-state index contributed by atoms with van der Waals surface area (Å²) in [5, 5.41) is 16.8. The molecule has 4 nitrogen and oxygen atoms in total. The Morgan fingerprint density at radius 1 is 1.17 bits per heavy atom. The number of nitrogens with one attached hydrogen (secondary N) is 2. The molecule has 122 valence electrons. The van der Waals surface area contributed by atoms with Gasteiger partial charge in [-0.15, -0.1) is 0 Å². The number of benzene rings is 2. The summed E-state index contributed by atoms with van der Waals surface area (Å²) in [4.78, 5) is 11.1. The predicted molar refractivity (Wildman–Crippen MR) is 93.2 cm³/mol. The lowest BCUT2D eigenvalue weighted by atomic mass is 9.95. The number of carbonyl (C=O) groups excluding carboxylic acids is 1. The molecule has 0 aliphatic carbocycles. The lowest BCUT2D eigenvalue weighted by molar-refractivity contribution is -0.114. The molecule has 4 heteroatoms. The van der Waals surface area contributed by atoms with Crippen LogP contribution in [0.15, 0.2) is 54.6 Å². The van der Waals surface area contributed by atoms with Crippen molar-refractivity contribution in [1.82, 2.24) is 5.32 Å². The second-order valence-corrected chi connectivity index (χ2v) is 6.05. The highest BCUT2D eigenvalue weighted by atomic mass is 16.3. The highest BCUT2D eigenvalue weighted by molar-refractivity contribution is 5.88. The van der Waals surface area contributed by atoms with E-state index >= 15 is 0 Å². The zero-order valence-electron chi connectivity index (χ0n) is 13.8. The molecule has 0 saturated heterocycles. The molecular formula is C19H24N2O2. The van der Waals surface area contributed by atoms with Gasteiger partial charge in [0.05, 0.1) is 5.60 Å². The molecule has 1 amide bonds. The summed E-state index contributed by atoms with van der Waals surface area (Å²) in [6, 6.07) is 17.4. The second kappa shape index (κ2) is 7.40. The average molecular weight is 312 g/mol. The molecular weight excluding hydrogens is 288 g/mol. The summed E-state index contributed by atoms with van der Waals surface area (Å²) in [6.45, 7) is 5.76. The van der Waals surface area contributed by atoms with E-state index in [1.807, 2.05) is 61.5 Å². The first-order valence-electron chi connectivity index (χ1n) is 7.77. The summed E-state index contributed by atoms with van der Waals surface area (Å²) in [7, 11) is 0. The van der Waals surface area contributed by atoms with Gasteiger partial charge in [0, 0.05) is 25.2 Å². The van der Waals surface area contributed by atoms with E-state index in [2.05, 4.69) is 10.6 Å². The molecule has 2 aromatic carbocycles. The van der Waals surface area contributed by atoms with Gasteiger partial charge in [-0.25, -0.2) is 0 Å². The molecule has 2 atom stereocenters. The lowest BCUT2D eigenvalue weighted by Gasteiger charge is -2.27. The van der Waals surface area contributed by atoms with Crippen LogP contribution in [0.4, 0.5) is 5.69 Å². The molecule has 2 aromatic rings. The second-order valence-electron chi connectivity index (χ2n) is 6.05. The third-order valence-electron chi connectivity index (χ3n) is 3.86. The summed E-state index contributed by atoms with van der Waals surface area (Å²) in [6.07, 6.45) is 0. The van der Waals surface area contributed by atoms with Crippen LogP contribution < -0.4 is 10.6 Å². The summed E-state index contributed by atoms with van der Waals surface area (Å²) >= 11 is 0. The zero-order chi connectivity index (χ0) is 16.9. The SMILES string of the molecule is CC(=O)Nc1cccc(C(C)NCC(C)(O)c2ccccc2)c1. The van der Waals surface area contributed by atoms with Gasteiger partial charge in [0.25, 0.3) is 0 Å². The molecule has 0 aromatic heterocycles. The minimum absolute atomic E-state index is 0.0545. The number of hydrogen-bond acceptors (Lipinski definition) is 3. The number of carbonyl (C=O) groups is 1. The molecule has 0 saturated carbocycles. The maximum Gasteiger partial charge on any atom is 0.221 e. The van der Waals surface area contributed by atoms with Crippen molar-refractivity contribution in [3.05, 3.63) is 65.7 Å². The van der Waals surface area contributed by atoms with E-state index in [0.29, 0.717) is 6.54 Å². The fourth-order valence-corrected chi connectivity index (χ4v) is 2.46. The molecule has 0 aliphatic rings. The van der Waals surface area contributed by atoms with Gasteiger partial charge < -0.3 is 15.7 Å². The molecule has 0 spiro atoms. The van der Waals surface area contributed by atoms with Crippen molar-refractivity contribution in [2.45, 2.75) is 32.4 Å². The van der Waals surface area contributed by atoms with Gasteiger partial charge in [-0.3, -0.25) is 4.79 Å². The molecule has 2 unspecified atom stereocenters. The minimum atomic E-state index is -0.940. The Hall–Kier alpha value is -2.17. The topological polar surface area (TPSA) is 61.4 Å². The van der Waals surface area contributed by atoms with Crippen molar-refractivity contribution >= 4 is 11.6 Å². The van der Waals surface area contributed by atoms with Crippen molar-refractivity contribution in [2.24, 2.45) is 0 Å². The van der Waals surface area contributed by atoms with Crippen LogP contribution in [0.5, 0.6) is 0 Å². The molecule has 2 rings (SSSR count). The summed E-state index contributed by atoms with van der Waals surface area (Å²) in [5.41, 5.74) is 1.77. The van der Waals surface area contributed by atoms with E-state index in [4.69, 9.17) is 0 Å².